The van der Waals surface area contributed by atoms with Gasteiger partial charge in [-0.05, 0) is 44.2 Å². The van der Waals surface area contributed by atoms with Gasteiger partial charge in [-0.3, -0.25) is 4.79 Å². The molecule has 0 N–H and O–H groups in total. The van der Waals surface area contributed by atoms with Crippen LogP contribution in [0.2, 0.25) is 0 Å². The first kappa shape index (κ1) is 16.7. The summed E-state index contributed by atoms with van der Waals surface area (Å²) in [6.45, 7) is 2.14. The van der Waals surface area contributed by atoms with Crippen LogP contribution in [-0.4, -0.2) is 41.5 Å². The SMILES string of the molecule is O=C1CCC2(CCCN(c3cc(C(F)(F)F)ccn3)C2)CN1C1CC1. The van der Waals surface area contributed by atoms with Crippen LogP contribution in [0.1, 0.15) is 44.1 Å². The van der Waals surface area contributed by atoms with Gasteiger partial charge < -0.3 is 9.80 Å². The number of hydrogen-bond donors (Lipinski definition) is 0. The second-order valence-corrected chi connectivity index (χ2v) is 7.68. The molecule has 1 atom stereocenters. The second kappa shape index (κ2) is 5.88. The zero-order chi connectivity index (χ0) is 17.7. The summed E-state index contributed by atoms with van der Waals surface area (Å²) in [4.78, 5) is 20.4. The van der Waals surface area contributed by atoms with Gasteiger partial charge in [0.1, 0.15) is 5.82 Å². The molecule has 1 spiro atoms. The first-order valence-corrected chi connectivity index (χ1v) is 8.94. The van der Waals surface area contributed by atoms with E-state index in [9.17, 15) is 18.0 Å². The number of rotatable bonds is 2. The van der Waals surface area contributed by atoms with E-state index >= 15 is 0 Å². The summed E-state index contributed by atoms with van der Waals surface area (Å²) in [5.41, 5.74) is -0.666. The van der Waals surface area contributed by atoms with Gasteiger partial charge in [-0.25, -0.2) is 4.98 Å². The molecule has 1 saturated carbocycles. The highest BCUT2D eigenvalue weighted by molar-refractivity contribution is 5.78. The number of halogens is 3. The Balaban J connectivity index is 1.54. The number of carbonyl (C=O) groups excluding carboxylic acids is 1. The lowest BCUT2D eigenvalue weighted by molar-refractivity contribution is -0.139. The van der Waals surface area contributed by atoms with Gasteiger partial charge in [0.2, 0.25) is 5.91 Å². The van der Waals surface area contributed by atoms with Crippen LogP contribution < -0.4 is 4.90 Å². The number of pyridine rings is 1. The average molecular weight is 353 g/mol. The molecule has 1 aliphatic carbocycles. The molecule has 0 bridgehead atoms. The van der Waals surface area contributed by atoms with Crippen molar-refractivity contribution in [1.82, 2.24) is 9.88 Å². The predicted octanol–water partition coefficient (Wildman–Crippen LogP) is 3.47. The third-order valence-electron chi connectivity index (χ3n) is 5.74. The smallest absolute Gasteiger partial charge is 0.356 e. The summed E-state index contributed by atoms with van der Waals surface area (Å²) < 4.78 is 38.9. The number of hydrogen-bond acceptors (Lipinski definition) is 3. The number of likely N-dealkylation sites (tertiary alicyclic amines) is 1. The van der Waals surface area contributed by atoms with Crippen molar-refractivity contribution in [3.63, 3.8) is 0 Å². The molecular formula is C18H22F3N3O. The van der Waals surface area contributed by atoms with E-state index in [0.29, 0.717) is 31.4 Å². The van der Waals surface area contributed by atoms with Crippen molar-refractivity contribution in [2.24, 2.45) is 5.41 Å². The van der Waals surface area contributed by atoms with Crippen LogP contribution in [0.15, 0.2) is 18.3 Å². The predicted molar refractivity (Wildman–Crippen MR) is 87.1 cm³/mol. The molecule has 25 heavy (non-hydrogen) atoms. The number of alkyl halides is 3. The van der Waals surface area contributed by atoms with Crippen molar-refractivity contribution >= 4 is 11.7 Å². The maximum absolute atomic E-state index is 13.0. The average Bonchev–Trinajstić information content (AvgIpc) is 3.42. The molecule has 4 rings (SSSR count). The zero-order valence-corrected chi connectivity index (χ0v) is 14.1. The summed E-state index contributed by atoms with van der Waals surface area (Å²) in [6, 6.07) is 2.55. The summed E-state index contributed by atoms with van der Waals surface area (Å²) >= 11 is 0. The Kier molecular flexibility index (Phi) is 3.92. The minimum Gasteiger partial charge on any atom is -0.356 e. The lowest BCUT2D eigenvalue weighted by atomic mass is 9.73. The number of carbonyl (C=O) groups is 1. The lowest BCUT2D eigenvalue weighted by Gasteiger charge is -2.48. The topological polar surface area (TPSA) is 36.4 Å². The fourth-order valence-corrected chi connectivity index (χ4v) is 4.27. The van der Waals surface area contributed by atoms with Crippen LogP contribution in [0.3, 0.4) is 0 Å². The van der Waals surface area contributed by atoms with Crippen LogP contribution >= 0.6 is 0 Å². The minimum atomic E-state index is -4.36. The van der Waals surface area contributed by atoms with Gasteiger partial charge in [-0.2, -0.15) is 13.2 Å². The zero-order valence-electron chi connectivity index (χ0n) is 14.1. The number of piperidine rings is 2. The Morgan fingerprint density at radius 3 is 2.72 bits per heavy atom. The summed E-state index contributed by atoms with van der Waals surface area (Å²) in [6.07, 6.45) is 2.38. The molecule has 2 saturated heterocycles. The normalized spacial score (nSPS) is 27.9. The molecule has 7 heteroatoms. The van der Waals surface area contributed by atoms with Crippen LogP contribution in [-0.2, 0) is 11.0 Å². The highest BCUT2D eigenvalue weighted by atomic mass is 19.4. The lowest BCUT2D eigenvalue weighted by Crippen LogP contribution is -2.54. The largest absolute Gasteiger partial charge is 0.416 e. The van der Waals surface area contributed by atoms with E-state index in [0.717, 1.165) is 50.8 Å². The van der Waals surface area contributed by atoms with E-state index < -0.39 is 11.7 Å². The Bertz CT molecular complexity index is 674. The fourth-order valence-electron chi connectivity index (χ4n) is 4.27. The molecule has 1 unspecified atom stereocenters. The summed E-state index contributed by atoms with van der Waals surface area (Å²) in [5.74, 6) is 0.631. The third kappa shape index (κ3) is 3.33. The van der Waals surface area contributed by atoms with Crippen LogP contribution in [0, 0.1) is 5.41 Å². The van der Waals surface area contributed by atoms with Crippen LogP contribution in [0.4, 0.5) is 19.0 Å². The van der Waals surface area contributed by atoms with Gasteiger partial charge in [0, 0.05) is 43.7 Å². The van der Waals surface area contributed by atoms with Crippen molar-refractivity contribution in [2.45, 2.75) is 50.7 Å². The molecule has 1 amide bonds. The number of amides is 1. The van der Waals surface area contributed by atoms with E-state index in [2.05, 4.69) is 4.98 Å². The minimum absolute atomic E-state index is 0.00926. The number of anilines is 1. The van der Waals surface area contributed by atoms with E-state index in [1.54, 1.807) is 0 Å². The Morgan fingerprint density at radius 2 is 2.00 bits per heavy atom. The quantitative estimate of drug-likeness (QED) is 0.817. The molecule has 3 aliphatic rings. The van der Waals surface area contributed by atoms with Gasteiger partial charge >= 0.3 is 6.18 Å². The van der Waals surface area contributed by atoms with E-state index in [4.69, 9.17) is 0 Å². The molecule has 2 aliphatic heterocycles. The standard InChI is InChI=1S/C18H22F3N3O/c19-18(20,21)13-5-8-22-15(10-13)23-9-1-6-17(11-23)7-4-16(25)24(12-17)14-2-3-14/h5,8,10,14H,1-4,6-7,9,11-12H2. The van der Waals surface area contributed by atoms with Crippen molar-refractivity contribution < 1.29 is 18.0 Å². The first-order chi connectivity index (χ1) is 11.9. The third-order valence-corrected chi connectivity index (χ3v) is 5.74. The van der Waals surface area contributed by atoms with Gasteiger partial charge in [0.25, 0.3) is 0 Å². The maximum atomic E-state index is 13.0. The van der Waals surface area contributed by atoms with Gasteiger partial charge in [-0.1, -0.05) is 0 Å². The van der Waals surface area contributed by atoms with E-state index in [1.807, 2.05) is 9.80 Å². The fraction of sp³-hybridized carbons (Fsp3) is 0.667. The first-order valence-electron chi connectivity index (χ1n) is 8.94. The second-order valence-electron chi connectivity index (χ2n) is 7.68. The van der Waals surface area contributed by atoms with Crippen molar-refractivity contribution in [2.75, 3.05) is 24.5 Å². The summed E-state index contributed by atoms with van der Waals surface area (Å²) in [5, 5.41) is 0. The molecule has 1 aromatic heterocycles. The Labute approximate surface area is 145 Å². The van der Waals surface area contributed by atoms with Crippen molar-refractivity contribution in [3.8, 4) is 0 Å². The monoisotopic (exact) mass is 353 g/mol. The highest BCUT2D eigenvalue weighted by Gasteiger charge is 2.46. The molecule has 0 radical (unpaired) electrons. The molecular weight excluding hydrogens is 331 g/mol. The molecule has 0 aromatic carbocycles. The van der Waals surface area contributed by atoms with Gasteiger partial charge in [0.15, 0.2) is 0 Å². The molecule has 3 fully saturated rings. The molecule has 4 nitrogen and oxygen atoms in total. The highest BCUT2D eigenvalue weighted by Crippen LogP contribution is 2.43. The van der Waals surface area contributed by atoms with Crippen molar-refractivity contribution in [3.05, 3.63) is 23.9 Å². The van der Waals surface area contributed by atoms with E-state index in [-0.39, 0.29) is 11.3 Å². The number of nitrogens with zero attached hydrogens (tertiary/aromatic N) is 3. The van der Waals surface area contributed by atoms with Crippen molar-refractivity contribution in [1.29, 1.82) is 0 Å². The number of aromatic nitrogens is 1. The van der Waals surface area contributed by atoms with Crippen LogP contribution in [0.5, 0.6) is 0 Å². The molecule has 3 heterocycles. The molecule has 1 aromatic rings. The maximum Gasteiger partial charge on any atom is 0.416 e. The Morgan fingerprint density at radius 1 is 1.20 bits per heavy atom. The van der Waals surface area contributed by atoms with Gasteiger partial charge in [-0.15, -0.1) is 0 Å². The van der Waals surface area contributed by atoms with Gasteiger partial charge in [0.05, 0.1) is 5.56 Å². The Hall–Kier alpha value is -1.79. The van der Waals surface area contributed by atoms with E-state index in [1.165, 1.54) is 6.20 Å². The summed E-state index contributed by atoms with van der Waals surface area (Å²) in [7, 11) is 0. The van der Waals surface area contributed by atoms with Crippen LogP contribution in [0.25, 0.3) is 0 Å². The molecule has 136 valence electrons.